The van der Waals surface area contributed by atoms with Crippen molar-refractivity contribution < 1.29 is 43.1 Å². The number of fused-ring (bicyclic) bond motifs is 3. The summed E-state index contributed by atoms with van der Waals surface area (Å²) >= 11 is 0.0622. The summed E-state index contributed by atoms with van der Waals surface area (Å²) in [5.41, 5.74) is 2.58. The smallest absolute Gasteiger partial charge is 0.766 e. The predicted molar refractivity (Wildman–Crippen MR) is 87.1 cm³/mol. The number of hydrogen-bond acceptors (Lipinski definition) is 4. The maximum absolute atomic E-state index is 12.3. The van der Waals surface area contributed by atoms with E-state index in [0.29, 0.717) is 23.4 Å². The Morgan fingerprint density at radius 3 is 3.00 bits per heavy atom. The van der Waals surface area contributed by atoms with Crippen LogP contribution < -0.4 is 29.6 Å². The Morgan fingerprint density at radius 1 is 1.48 bits per heavy atom. The van der Waals surface area contributed by atoms with Gasteiger partial charge in [0.05, 0.1) is 0 Å². The molecule has 2 saturated carbocycles. The molecule has 0 amide bonds. The Morgan fingerprint density at radius 2 is 2.26 bits per heavy atom. The van der Waals surface area contributed by atoms with Gasteiger partial charge >= 0.3 is 29.6 Å². The van der Waals surface area contributed by atoms with Gasteiger partial charge in [0.25, 0.3) is 0 Å². The molecule has 0 N–H and O–H groups in total. The Labute approximate surface area is 164 Å². The van der Waals surface area contributed by atoms with Crippen LogP contribution in [0.4, 0.5) is 0 Å². The summed E-state index contributed by atoms with van der Waals surface area (Å²) in [4.78, 5) is 12.3. The van der Waals surface area contributed by atoms with E-state index in [1.165, 1.54) is 11.1 Å². The first-order valence-electron chi connectivity index (χ1n) is 7.83. The minimum atomic E-state index is -0.138. The fourth-order valence-corrected chi connectivity index (χ4v) is 4.48. The monoisotopic (exact) mass is 340 g/mol. The molecule has 3 rings (SSSR count). The SMILES string of the molecule is C=C(/C=C\C1=CCC=C2C1CCC1(C)C(=O)CCC21)OS[O-].[Na+]. The van der Waals surface area contributed by atoms with Crippen LogP contribution in [-0.4, -0.2) is 10.3 Å². The molecule has 0 bridgehead atoms. The van der Waals surface area contributed by atoms with Gasteiger partial charge in [0.2, 0.25) is 0 Å². The standard InChI is InChI=1S/C18H22O3S.Na/c1-12(21-22-20)6-7-13-4-3-5-15-14(13)10-11-18(2)16(15)8-9-17(18)19;/h4-7,14,16,20H,1,3,8-11H2,2H3;/q;+1/p-1/b7-6-;. The number of ketones is 1. The fourth-order valence-electron chi connectivity index (χ4n) is 4.34. The molecule has 0 saturated heterocycles. The molecule has 2 fully saturated rings. The quantitative estimate of drug-likeness (QED) is 0.256. The van der Waals surface area contributed by atoms with Gasteiger partial charge in [-0.3, -0.25) is 4.79 Å². The summed E-state index contributed by atoms with van der Waals surface area (Å²) < 4.78 is 15.1. The molecule has 0 radical (unpaired) electrons. The summed E-state index contributed by atoms with van der Waals surface area (Å²) in [5, 5.41) is 0. The first-order chi connectivity index (χ1) is 10.6. The molecule has 3 aliphatic rings. The Balaban J connectivity index is 0.00000192. The van der Waals surface area contributed by atoms with Crippen molar-refractivity contribution in [2.75, 3.05) is 0 Å². The number of carbonyl (C=O) groups is 1. The third-order valence-electron chi connectivity index (χ3n) is 5.54. The van der Waals surface area contributed by atoms with Crippen LogP contribution in [0.25, 0.3) is 0 Å². The maximum Gasteiger partial charge on any atom is 1.00 e. The third-order valence-corrected chi connectivity index (χ3v) is 5.82. The van der Waals surface area contributed by atoms with Gasteiger partial charge in [-0.2, -0.15) is 0 Å². The maximum atomic E-state index is 12.3. The molecule has 3 unspecified atom stereocenters. The molecule has 0 aliphatic heterocycles. The van der Waals surface area contributed by atoms with Crippen molar-refractivity contribution in [3.05, 3.63) is 47.8 Å². The number of rotatable bonds is 4. The van der Waals surface area contributed by atoms with Crippen molar-refractivity contribution in [3.8, 4) is 0 Å². The predicted octanol–water partition coefficient (Wildman–Crippen LogP) is 1.51. The number of allylic oxidation sites excluding steroid dienone is 6. The van der Waals surface area contributed by atoms with Crippen molar-refractivity contribution >= 4 is 18.1 Å². The van der Waals surface area contributed by atoms with Crippen LogP contribution in [0.15, 0.2) is 47.8 Å². The van der Waals surface area contributed by atoms with Crippen LogP contribution in [0, 0.1) is 17.3 Å². The molecule has 23 heavy (non-hydrogen) atoms. The fraction of sp³-hybridized carbons (Fsp3) is 0.500. The molecule has 3 atom stereocenters. The Bertz CT molecular complexity index is 593. The van der Waals surface area contributed by atoms with Gasteiger partial charge < -0.3 is 8.74 Å². The zero-order valence-corrected chi connectivity index (χ0v) is 16.7. The number of Topliss-reactive ketones (excluding diaryl/α,β-unsaturated/α-hetero) is 1. The van der Waals surface area contributed by atoms with E-state index in [0.717, 1.165) is 32.1 Å². The van der Waals surface area contributed by atoms with Crippen LogP contribution in [0.2, 0.25) is 0 Å². The normalized spacial score (nSPS) is 32.5. The van der Waals surface area contributed by atoms with Gasteiger partial charge in [-0.15, -0.1) is 0 Å². The van der Waals surface area contributed by atoms with Crippen LogP contribution in [0.5, 0.6) is 0 Å². The summed E-state index contributed by atoms with van der Waals surface area (Å²) in [5.74, 6) is 1.63. The van der Waals surface area contributed by atoms with Crippen molar-refractivity contribution in [1.82, 2.24) is 0 Å². The minimum absolute atomic E-state index is 0. The van der Waals surface area contributed by atoms with Gasteiger partial charge in [0.15, 0.2) is 0 Å². The molecule has 118 valence electrons. The summed E-state index contributed by atoms with van der Waals surface area (Å²) in [6.07, 6.45) is 12.9. The van der Waals surface area contributed by atoms with Crippen LogP contribution in [-0.2, 0) is 8.98 Å². The molecule has 0 aromatic carbocycles. The van der Waals surface area contributed by atoms with E-state index in [1.54, 1.807) is 6.08 Å². The van der Waals surface area contributed by atoms with Crippen molar-refractivity contribution in [2.45, 2.75) is 39.0 Å². The summed E-state index contributed by atoms with van der Waals surface area (Å²) in [6, 6.07) is 0. The average Bonchev–Trinajstić information content (AvgIpc) is 2.81. The first-order valence-corrected chi connectivity index (χ1v) is 8.49. The van der Waals surface area contributed by atoms with E-state index < -0.39 is 0 Å². The van der Waals surface area contributed by atoms with Gasteiger partial charge in [0, 0.05) is 17.8 Å². The van der Waals surface area contributed by atoms with E-state index in [-0.39, 0.29) is 47.3 Å². The Kier molecular flexibility index (Phi) is 6.42. The third kappa shape index (κ3) is 3.57. The Hall–Kier alpha value is -0.260. The molecule has 5 heteroatoms. The van der Waals surface area contributed by atoms with E-state index in [9.17, 15) is 9.35 Å². The minimum Gasteiger partial charge on any atom is -0.766 e. The molecule has 0 aromatic heterocycles. The van der Waals surface area contributed by atoms with Crippen molar-refractivity contribution in [1.29, 1.82) is 0 Å². The van der Waals surface area contributed by atoms with Crippen molar-refractivity contribution in [2.24, 2.45) is 17.3 Å². The molecule has 0 heterocycles. The van der Waals surface area contributed by atoms with Gasteiger partial charge in [0.1, 0.15) is 11.5 Å². The van der Waals surface area contributed by atoms with E-state index >= 15 is 0 Å². The molecule has 0 spiro atoms. The first kappa shape index (κ1) is 19.1. The number of hydrogen-bond donors (Lipinski definition) is 0. The summed E-state index contributed by atoms with van der Waals surface area (Å²) in [6.45, 7) is 5.84. The molecular weight excluding hydrogens is 319 g/mol. The molecular formula is C18H21NaO3S. The topological polar surface area (TPSA) is 49.4 Å². The van der Waals surface area contributed by atoms with Crippen LogP contribution in [0.3, 0.4) is 0 Å². The van der Waals surface area contributed by atoms with Crippen LogP contribution in [0.1, 0.15) is 39.0 Å². The van der Waals surface area contributed by atoms with E-state index in [2.05, 4.69) is 25.7 Å². The molecule has 3 nitrogen and oxygen atoms in total. The van der Waals surface area contributed by atoms with E-state index in [4.69, 9.17) is 4.18 Å². The second-order valence-corrected chi connectivity index (χ2v) is 6.92. The molecule has 3 aliphatic carbocycles. The number of carbonyl (C=O) groups excluding carboxylic acids is 1. The van der Waals surface area contributed by atoms with Crippen LogP contribution >= 0.6 is 12.3 Å². The van der Waals surface area contributed by atoms with Gasteiger partial charge in [-0.1, -0.05) is 37.3 Å². The van der Waals surface area contributed by atoms with E-state index in [1.807, 2.05) is 6.08 Å². The average molecular weight is 340 g/mol. The zero-order chi connectivity index (χ0) is 15.7. The van der Waals surface area contributed by atoms with Crippen molar-refractivity contribution in [3.63, 3.8) is 0 Å². The second-order valence-electron chi connectivity index (χ2n) is 6.62. The summed E-state index contributed by atoms with van der Waals surface area (Å²) in [7, 11) is 0. The largest absolute Gasteiger partial charge is 1.00 e. The van der Waals surface area contributed by atoms with Gasteiger partial charge in [-0.25, -0.2) is 0 Å². The zero-order valence-electron chi connectivity index (χ0n) is 13.8. The second kappa shape index (κ2) is 7.75. The van der Waals surface area contributed by atoms with Gasteiger partial charge in [-0.05, 0) is 55.6 Å². The molecule has 0 aromatic rings.